The van der Waals surface area contributed by atoms with Crippen LogP contribution in [0.1, 0.15) is 20.3 Å². The van der Waals surface area contributed by atoms with Gasteiger partial charge in [0.05, 0.1) is 11.0 Å². The van der Waals surface area contributed by atoms with Crippen molar-refractivity contribution in [2.24, 2.45) is 5.92 Å². The second-order valence-corrected chi connectivity index (χ2v) is 4.97. The predicted molar refractivity (Wildman–Crippen MR) is 74.9 cm³/mol. The zero-order valence-corrected chi connectivity index (χ0v) is 11.6. The summed E-state index contributed by atoms with van der Waals surface area (Å²) in [7, 11) is 0. The Balaban J connectivity index is 2.32. The van der Waals surface area contributed by atoms with Crippen LogP contribution in [-0.2, 0) is 0 Å². The molecule has 0 bridgehead atoms. The van der Waals surface area contributed by atoms with Gasteiger partial charge in [-0.3, -0.25) is 10.1 Å². The van der Waals surface area contributed by atoms with E-state index in [0.29, 0.717) is 25.6 Å². The number of hydrogen-bond donors (Lipinski definition) is 2. The number of nitro groups is 1. The molecule has 1 aromatic heterocycles. The fourth-order valence-electron chi connectivity index (χ4n) is 2.21. The zero-order valence-electron chi connectivity index (χ0n) is 11.6. The van der Waals surface area contributed by atoms with E-state index < -0.39 is 11.0 Å². The highest BCUT2D eigenvalue weighted by molar-refractivity contribution is 5.59. The first-order valence-electron chi connectivity index (χ1n) is 6.71. The molecule has 1 fully saturated rings. The number of aromatic nitrogens is 2. The maximum atomic E-state index is 11.1. The molecule has 1 saturated heterocycles. The summed E-state index contributed by atoms with van der Waals surface area (Å²) in [5.74, 6) is 0.827. The van der Waals surface area contributed by atoms with Crippen molar-refractivity contribution in [3.05, 3.63) is 16.3 Å². The van der Waals surface area contributed by atoms with Crippen LogP contribution in [0.5, 0.6) is 0 Å². The Kier molecular flexibility index (Phi) is 4.33. The lowest BCUT2D eigenvalue weighted by atomic mass is 9.96. The molecule has 0 aliphatic carbocycles. The van der Waals surface area contributed by atoms with Crippen molar-refractivity contribution < 1.29 is 10.0 Å². The van der Waals surface area contributed by atoms with Gasteiger partial charge in [-0.05, 0) is 19.3 Å². The number of aliphatic hydroxyl groups excluding tert-OH is 1. The Labute approximate surface area is 117 Å². The highest BCUT2D eigenvalue weighted by atomic mass is 16.6. The average Bonchev–Trinajstić information content (AvgIpc) is 2.42. The summed E-state index contributed by atoms with van der Waals surface area (Å²) in [6, 6.07) is 0. The molecule has 0 amide bonds. The van der Waals surface area contributed by atoms with Crippen LogP contribution in [0.4, 0.5) is 17.5 Å². The molecular formula is C12H19N5O3. The topological polar surface area (TPSA) is 104 Å². The lowest BCUT2D eigenvalue weighted by molar-refractivity contribution is -0.384. The van der Waals surface area contributed by atoms with Crippen molar-refractivity contribution >= 4 is 17.5 Å². The fraction of sp³-hybridized carbons (Fsp3) is 0.667. The van der Waals surface area contributed by atoms with Gasteiger partial charge in [0.15, 0.2) is 0 Å². The third-order valence-electron chi connectivity index (χ3n) is 3.50. The van der Waals surface area contributed by atoms with Gasteiger partial charge in [0.25, 0.3) is 0 Å². The van der Waals surface area contributed by atoms with E-state index in [0.717, 1.165) is 6.42 Å². The van der Waals surface area contributed by atoms with Crippen molar-refractivity contribution in [2.75, 3.05) is 29.9 Å². The molecule has 20 heavy (non-hydrogen) atoms. The van der Waals surface area contributed by atoms with Gasteiger partial charge in [-0.1, -0.05) is 6.92 Å². The monoisotopic (exact) mass is 281 g/mol. The minimum absolute atomic E-state index is 0.131. The molecule has 8 heteroatoms. The van der Waals surface area contributed by atoms with Crippen LogP contribution in [0.15, 0.2) is 6.20 Å². The molecule has 0 spiro atoms. The first-order chi connectivity index (χ1) is 9.52. The van der Waals surface area contributed by atoms with Crippen LogP contribution in [0.25, 0.3) is 0 Å². The minimum Gasteiger partial charge on any atom is -0.391 e. The van der Waals surface area contributed by atoms with Gasteiger partial charge in [0.2, 0.25) is 11.8 Å². The first-order valence-corrected chi connectivity index (χ1v) is 6.71. The largest absolute Gasteiger partial charge is 0.391 e. The minimum atomic E-state index is -0.499. The molecule has 2 atom stereocenters. The smallest absolute Gasteiger partial charge is 0.329 e. The molecule has 2 unspecified atom stereocenters. The second kappa shape index (κ2) is 6.00. The van der Waals surface area contributed by atoms with Crippen molar-refractivity contribution in [3.63, 3.8) is 0 Å². The average molecular weight is 281 g/mol. The van der Waals surface area contributed by atoms with Gasteiger partial charge in [0.1, 0.15) is 6.20 Å². The molecule has 1 aromatic rings. The maximum Gasteiger partial charge on any atom is 0.329 e. The number of hydrogen-bond acceptors (Lipinski definition) is 7. The number of aliphatic hydroxyl groups is 1. The maximum absolute atomic E-state index is 11.1. The van der Waals surface area contributed by atoms with E-state index in [2.05, 4.69) is 15.3 Å². The summed E-state index contributed by atoms with van der Waals surface area (Å²) in [6.07, 6.45) is 1.49. The molecule has 110 valence electrons. The van der Waals surface area contributed by atoms with E-state index in [1.54, 1.807) is 4.90 Å². The summed E-state index contributed by atoms with van der Waals surface area (Å²) in [4.78, 5) is 20.5. The van der Waals surface area contributed by atoms with Crippen molar-refractivity contribution in [2.45, 2.75) is 26.4 Å². The van der Waals surface area contributed by atoms with Crippen molar-refractivity contribution in [1.82, 2.24) is 9.97 Å². The molecule has 2 heterocycles. The third-order valence-corrected chi connectivity index (χ3v) is 3.50. The number of piperidine rings is 1. The lowest BCUT2D eigenvalue weighted by Crippen LogP contribution is -2.43. The van der Waals surface area contributed by atoms with E-state index in [4.69, 9.17) is 0 Å². The molecule has 8 nitrogen and oxygen atoms in total. The molecule has 0 aromatic carbocycles. The van der Waals surface area contributed by atoms with E-state index in [1.807, 2.05) is 13.8 Å². The van der Waals surface area contributed by atoms with Gasteiger partial charge < -0.3 is 15.3 Å². The summed E-state index contributed by atoms with van der Waals surface area (Å²) >= 11 is 0. The summed E-state index contributed by atoms with van der Waals surface area (Å²) in [5.41, 5.74) is -0.131. The van der Waals surface area contributed by atoms with Gasteiger partial charge >= 0.3 is 5.69 Å². The number of rotatable bonds is 4. The van der Waals surface area contributed by atoms with Crippen molar-refractivity contribution in [3.8, 4) is 0 Å². The number of β-amino-alcohol motifs (C(OH)–C–C–N with tert-alkyl or cyclic N) is 1. The SMILES string of the molecule is CCNc1ncc([N+](=O)[O-])c(N2CCC(C)C(O)C2)n1. The van der Waals surface area contributed by atoms with Crippen LogP contribution in [0.2, 0.25) is 0 Å². The number of nitrogens with one attached hydrogen (secondary N) is 1. The molecular weight excluding hydrogens is 262 g/mol. The summed E-state index contributed by atoms with van der Waals surface area (Å²) in [5, 5.41) is 24.0. The standard InChI is InChI=1S/C12H19N5O3/c1-3-13-12-14-6-9(17(19)20)11(15-12)16-5-4-8(2)10(18)7-16/h6,8,10,18H,3-5,7H2,1-2H3,(H,13,14,15). The van der Waals surface area contributed by atoms with Crippen LogP contribution in [-0.4, -0.2) is 45.7 Å². The van der Waals surface area contributed by atoms with Gasteiger partial charge in [-0.2, -0.15) is 4.98 Å². The van der Waals surface area contributed by atoms with Crippen LogP contribution >= 0.6 is 0 Å². The summed E-state index contributed by atoms with van der Waals surface area (Å²) < 4.78 is 0. The van der Waals surface area contributed by atoms with Crippen LogP contribution in [0, 0.1) is 16.0 Å². The second-order valence-electron chi connectivity index (χ2n) is 4.97. The van der Waals surface area contributed by atoms with Crippen molar-refractivity contribution in [1.29, 1.82) is 0 Å². The van der Waals surface area contributed by atoms with E-state index in [9.17, 15) is 15.2 Å². The molecule has 1 aliphatic rings. The Morgan fingerprint density at radius 1 is 1.65 bits per heavy atom. The van der Waals surface area contributed by atoms with Gasteiger partial charge in [-0.25, -0.2) is 4.98 Å². The Bertz CT molecular complexity index is 496. The fourth-order valence-corrected chi connectivity index (χ4v) is 2.21. The lowest BCUT2D eigenvalue weighted by Gasteiger charge is -2.34. The highest BCUT2D eigenvalue weighted by Gasteiger charge is 2.30. The molecule has 2 rings (SSSR count). The quantitative estimate of drug-likeness (QED) is 0.627. The zero-order chi connectivity index (χ0) is 14.7. The molecule has 2 N–H and O–H groups in total. The highest BCUT2D eigenvalue weighted by Crippen LogP contribution is 2.29. The van der Waals surface area contributed by atoms with Gasteiger partial charge in [-0.15, -0.1) is 0 Å². The first kappa shape index (κ1) is 14.4. The third kappa shape index (κ3) is 2.96. The van der Waals surface area contributed by atoms with E-state index in [-0.39, 0.29) is 17.4 Å². The number of nitrogens with zero attached hydrogens (tertiary/aromatic N) is 4. The Morgan fingerprint density at radius 2 is 2.40 bits per heavy atom. The summed E-state index contributed by atoms with van der Waals surface area (Å²) in [6.45, 7) is 5.50. The molecule has 0 radical (unpaired) electrons. The molecule has 1 aliphatic heterocycles. The van der Waals surface area contributed by atoms with Gasteiger partial charge in [0, 0.05) is 19.6 Å². The predicted octanol–water partition coefficient (Wildman–Crippen LogP) is 1.02. The van der Waals surface area contributed by atoms with E-state index in [1.165, 1.54) is 6.20 Å². The number of anilines is 2. The Hall–Kier alpha value is -1.96. The van der Waals surface area contributed by atoms with E-state index >= 15 is 0 Å². The van der Waals surface area contributed by atoms with Crippen LogP contribution < -0.4 is 10.2 Å². The normalized spacial score (nSPS) is 22.6. The van der Waals surface area contributed by atoms with Crippen LogP contribution in [0.3, 0.4) is 0 Å². The molecule has 0 saturated carbocycles. The Morgan fingerprint density at radius 3 is 3.00 bits per heavy atom.